The summed E-state index contributed by atoms with van der Waals surface area (Å²) in [5.74, 6) is 0.00963. The van der Waals surface area contributed by atoms with Gasteiger partial charge in [-0.05, 0) is 25.3 Å². The molecule has 90 valence electrons. The Morgan fingerprint density at radius 1 is 1.47 bits per heavy atom. The lowest BCUT2D eigenvalue weighted by Crippen LogP contribution is -2.62. The van der Waals surface area contributed by atoms with Crippen molar-refractivity contribution in [3.05, 3.63) is 24.3 Å². The monoisotopic (exact) mass is 233 g/mol. The second-order valence-electron chi connectivity index (χ2n) is 4.68. The molecule has 1 amide bonds. The van der Waals surface area contributed by atoms with Gasteiger partial charge in [-0.25, -0.2) is 9.97 Å². The van der Waals surface area contributed by atoms with E-state index in [1.54, 1.807) is 12.3 Å². The molecule has 1 spiro atoms. The molecule has 2 fully saturated rings. The number of nitrogens with zero attached hydrogens (tertiary/aromatic N) is 3. The quantitative estimate of drug-likeness (QED) is 0.722. The van der Waals surface area contributed by atoms with Crippen LogP contribution < -0.4 is 0 Å². The van der Waals surface area contributed by atoms with Gasteiger partial charge >= 0.3 is 0 Å². The van der Waals surface area contributed by atoms with Crippen LogP contribution in [-0.4, -0.2) is 46.1 Å². The molecule has 1 aliphatic heterocycles. The number of hydrogen-bond donors (Lipinski definition) is 0. The Hall–Kier alpha value is -1.49. The molecule has 0 N–H and O–H groups in total. The summed E-state index contributed by atoms with van der Waals surface area (Å²) in [6.45, 7) is 1.96. The third-order valence-electron chi connectivity index (χ3n) is 3.73. The Morgan fingerprint density at radius 3 is 3.00 bits per heavy atom. The minimum Gasteiger partial charge on any atom is -0.377 e. The van der Waals surface area contributed by atoms with Gasteiger partial charge in [0.15, 0.2) is 0 Å². The van der Waals surface area contributed by atoms with Crippen LogP contribution in [0.4, 0.5) is 0 Å². The molecule has 0 atom stereocenters. The largest absolute Gasteiger partial charge is 0.377 e. The number of carbonyl (C=O) groups is 1. The van der Waals surface area contributed by atoms with E-state index >= 15 is 0 Å². The van der Waals surface area contributed by atoms with E-state index in [0.717, 1.165) is 12.8 Å². The van der Waals surface area contributed by atoms with Crippen molar-refractivity contribution >= 4 is 5.91 Å². The molecule has 1 aliphatic carbocycles. The molecule has 1 aromatic rings. The third kappa shape index (κ3) is 1.70. The van der Waals surface area contributed by atoms with E-state index in [0.29, 0.717) is 25.5 Å². The molecule has 17 heavy (non-hydrogen) atoms. The van der Waals surface area contributed by atoms with Crippen molar-refractivity contribution in [3.63, 3.8) is 0 Å². The van der Waals surface area contributed by atoms with Crippen LogP contribution in [0.3, 0.4) is 0 Å². The zero-order valence-electron chi connectivity index (χ0n) is 9.63. The molecule has 5 heteroatoms. The summed E-state index contributed by atoms with van der Waals surface area (Å²) in [5, 5.41) is 0. The van der Waals surface area contributed by atoms with Crippen molar-refractivity contribution in [1.29, 1.82) is 0 Å². The molecule has 0 unspecified atom stereocenters. The Bertz CT molecular complexity index is 417. The van der Waals surface area contributed by atoms with E-state index in [1.807, 2.05) is 4.90 Å². The van der Waals surface area contributed by atoms with Crippen LogP contribution >= 0.6 is 0 Å². The predicted octanol–water partition coefficient (Wildman–Crippen LogP) is 0.872. The molecule has 3 rings (SSSR count). The van der Waals surface area contributed by atoms with E-state index in [1.165, 1.54) is 12.7 Å². The zero-order chi connectivity index (χ0) is 11.7. The molecule has 1 saturated heterocycles. The van der Waals surface area contributed by atoms with Crippen molar-refractivity contribution in [1.82, 2.24) is 14.9 Å². The fraction of sp³-hybridized carbons (Fsp3) is 0.583. The van der Waals surface area contributed by atoms with Crippen LogP contribution in [0, 0.1) is 0 Å². The Morgan fingerprint density at radius 2 is 2.35 bits per heavy atom. The van der Waals surface area contributed by atoms with Crippen LogP contribution in [0.2, 0.25) is 0 Å². The van der Waals surface area contributed by atoms with Gasteiger partial charge in [0.2, 0.25) is 0 Å². The molecule has 5 nitrogen and oxygen atoms in total. The molecule has 0 radical (unpaired) electrons. The van der Waals surface area contributed by atoms with Crippen molar-refractivity contribution < 1.29 is 9.53 Å². The highest BCUT2D eigenvalue weighted by Crippen LogP contribution is 2.40. The average molecular weight is 233 g/mol. The first kappa shape index (κ1) is 10.7. The standard InChI is InChI=1S/C12H15N3O2/c16-11(10-2-5-13-9-14-10)15-6-7-17-8-12(15)3-1-4-12/h2,5,9H,1,3-4,6-8H2. The lowest BCUT2D eigenvalue weighted by molar-refractivity contribution is -0.0879. The molecule has 2 aliphatic rings. The minimum absolute atomic E-state index is 0.00963. The Labute approximate surface area is 99.8 Å². The number of hydrogen-bond acceptors (Lipinski definition) is 4. The number of aromatic nitrogens is 2. The number of amides is 1. The van der Waals surface area contributed by atoms with E-state index < -0.39 is 0 Å². The molecule has 2 heterocycles. The normalized spacial score (nSPS) is 22.2. The topological polar surface area (TPSA) is 55.3 Å². The average Bonchev–Trinajstić information content (AvgIpc) is 2.37. The van der Waals surface area contributed by atoms with Gasteiger partial charge in [-0.15, -0.1) is 0 Å². The smallest absolute Gasteiger partial charge is 0.273 e. The first-order chi connectivity index (χ1) is 8.32. The fourth-order valence-corrected chi connectivity index (χ4v) is 2.60. The summed E-state index contributed by atoms with van der Waals surface area (Å²) in [4.78, 5) is 22.2. The Kier molecular flexibility index (Phi) is 2.55. The highest BCUT2D eigenvalue weighted by Gasteiger charge is 2.47. The van der Waals surface area contributed by atoms with Crippen LogP contribution in [0.25, 0.3) is 0 Å². The first-order valence-electron chi connectivity index (χ1n) is 5.98. The van der Waals surface area contributed by atoms with Gasteiger partial charge in [0.25, 0.3) is 5.91 Å². The SMILES string of the molecule is O=C(c1ccncn1)N1CCOCC12CCC2. The lowest BCUT2D eigenvalue weighted by Gasteiger charge is -2.52. The van der Waals surface area contributed by atoms with Gasteiger partial charge in [0.05, 0.1) is 18.8 Å². The van der Waals surface area contributed by atoms with E-state index in [-0.39, 0.29) is 11.4 Å². The minimum atomic E-state index is -0.0553. The van der Waals surface area contributed by atoms with Crippen LogP contribution in [-0.2, 0) is 4.74 Å². The van der Waals surface area contributed by atoms with Crippen molar-refractivity contribution in [2.45, 2.75) is 24.8 Å². The molecule has 0 bridgehead atoms. The lowest BCUT2D eigenvalue weighted by atomic mass is 9.75. The highest BCUT2D eigenvalue weighted by molar-refractivity contribution is 5.92. The maximum atomic E-state index is 12.4. The maximum absolute atomic E-state index is 12.4. The number of ether oxygens (including phenoxy) is 1. The zero-order valence-corrected chi connectivity index (χ0v) is 9.63. The fourth-order valence-electron chi connectivity index (χ4n) is 2.60. The molecule has 0 aromatic carbocycles. The van der Waals surface area contributed by atoms with Gasteiger partial charge in [0, 0.05) is 12.7 Å². The van der Waals surface area contributed by atoms with E-state index in [2.05, 4.69) is 9.97 Å². The molecule has 1 saturated carbocycles. The van der Waals surface area contributed by atoms with Crippen LogP contribution in [0.15, 0.2) is 18.6 Å². The summed E-state index contributed by atoms with van der Waals surface area (Å²) < 4.78 is 5.52. The van der Waals surface area contributed by atoms with E-state index in [4.69, 9.17) is 4.74 Å². The summed E-state index contributed by atoms with van der Waals surface area (Å²) in [5.41, 5.74) is 0.425. The summed E-state index contributed by atoms with van der Waals surface area (Å²) >= 11 is 0. The van der Waals surface area contributed by atoms with Gasteiger partial charge in [-0.2, -0.15) is 0 Å². The number of carbonyl (C=O) groups excluding carboxylic acids is 1. The van der Waals surface area contributed by atoms with E-state index in [9.17, 15) is 4.79 Å². The second kappa shape index (κ2) is 4.07. The van der Waals surface area contributed by atoms with Gasteiger partial charge < -0.3 is 9.64 Å². The predicted molar refractivity (Wildman–Crippen MR) is 60.5 cm³/mol. The Balaban J connectivity index is 1.85. The molecular weight excluding hydrogens is 218 g/mol. The van der Waals surface area contributed by atoms with Gasteiger partial charge in [-0.3, -0.25) is 4.79 Å². The number of rotatable bonds is 1. The second-order valence-corrected chi connectivity index (χ2v) is 4.68. The summed E-state index contributed by atoms with van der Waals surface area (Å²) in [7, 11) is 0. The van der Waals surface area contributed by atoms with Gasteiger partial charge in [-0.1, -0.05) is 0 Å². The van der Waals surface area contributed by atoms with Crippen molar-refractivity contribution in [2.75, 3.05) is 19.8 Å². The highest BCUT2D eigenvalue weighted by atomic mass is 16.5. The number of morpholine rings is 1. The molecular formula is C12H15N3O2. The van der Waals surface area contributed by atoms with Crippen LogP contribution in [0.5, 0.6) is 0 Å². The van der Waals surface area contributed by atoms with Crippen molar-refractivity contribution in [3.8, 4) is 0 Å². The first-order valence-corrected chi connectivity index (χ1v) is 5.98. The molecule has 1 aromatic heterocycles. The summed E-state index contributed by atoms with van der Waals surface area (Å²) in [6, 6.07) is 1.67. The maximum Gasteiger partial charge on any atom is 0.273 e. The van der Waals surface area contributed by atoms with Crippen LogP contribution in [0.1, 0.15) is 29.8 Å². The van der Waals surface area contributed by atoms with Gasteiger partial charge in [0.1, 0.15) is 12.0 Å². The van der Waals surface area contributed by atoms with Crippen molar-refractivity contribution in [2.24, 2.45) is 0 Å². The third-order valence-corrected chi connectivity index (χ3v) is 3.73. The summed E-state index contributed by atoms with van der Waals surface area (Å²) in [6.07, 6.45) is 6.29.